The second-order valence-electron chi connectivity index (χ2n) is 4.73. The van der Waals surface area contributed by atoms with Gasteiger partial charge in [0.15, 0.2) is 0 Å². The zero-order chi connectivity index (χ0) is 14.8. The largest absolute Gasteiger partial charge is 0.382 e. The molecule has 2 N–H and O–H groups in total. The number of rotatable bonds is 4. The van der Waals surface area contributed by atoms with Gasteiger partial charge in [-0.1, -0.05) is 30.3 Å². The second kappa shape index (κ2) is 6.17. The molecule has 0 aliphatic heterocycles. The van der Waals surface area contributed by atoms with E-state index in [2.05, 4.69) is 55.8 Å². The molecule has 108 valence electrons. The first-order valence-electron chi connectivity index (χ1n) is 6.40. The Morgan fingerprint density at radius 3 is 2.71 bits per heavy atom. The van der Waals surface area contributed by atoms with Crippen LogP contribution in [-0.2, 0) is 6.54 Å². The molecule has 0 saturated heterocycles. The van der Waals surface area contributed by atoms with Gasteiger partial charge in [-0.15, -0.1) is 11.3 Å². The van der Waals surface area contributed by atoms with Crippen LogP contribution in [0.1, 0.15) is 5.56 Å². The minimum Gasteiger partial charge on any atom is -0.382 e. The number of nitrogen functional groups attached to an aromatic ring is 1. The predicted octanol–water partition coefficient (Wildman–Crippen LogP) is 4.85. The van der Waals surface area contributed by atoms with Crippen molar-refractivity contribution in [3.63, 3.8) is 0 Å². The molecular weight excluding hydrogens is 366 g/mol. The van der Waals surface area contributed by atoms with Crippen LogP contribution in [0, 0.1) is 0 Å². The van der Waals surface area contributed by atoms with Crippen LogP contribution in [0.3, 0.4) is 0 Å². The molecule has 0 aliphatic rings. The van der Waals surface area contributed by atoms with Crippen LogP contribution in [0.5, 0.6) is 0 Å². The number of anilines is 2. The van der Waals surface area contributed by atoms with Gasteiger partial charge in [-0.25, -0.2) is 0 Å². The van der Waals surface area contributed by atoms with Crippen molar-refractivity contribution < 1.29 is 0 Å². The molecule has 21 heavy (non-hydrogen) atoms. The van der Waals surface area contributed by atoms with E-state index in [9.17, 15) is 0 Å². The van der Waals surface area contributed by atoms with E-state index in [-0.39, 0.29) is 0 Å². The summed E-state index contributed by atoms with van der Waals surface area (Å²) in [4.78, 5) is 2.20. The van der Waals surface area contributed by atoms with E-state index in [1.807, 2.05) is 18.2 Å². The molecule has 2 aromatic heterocycles. The Morgan fingerprint density at radius 1 is 1.29 bits per heavy atom. The average molecular weight is 380 g/mol. The summed E-state index contributed by atoms with van der Waals surface area (Å²) in [6.07, 6.45) is 0. The summed E-state index contributed by atoms with van der Waals surface area (Å²) in [5, 5.41) is 3.26. The summed E-state index contributed by atoms with van der Waals surface area (Å²) in [7, 11) is 2.07. The quantitative estimate of drug-likeness (QED) is 0.703. The van der Waals surface area contributed by atoms with Crippen LogP contribution >= 0.6 is 38.8 Å². The number of aromatic nitrogens is 1. The summed E-state index contributed by atoms with van der Waals surface area (Å²) < 4.78 is 5.48. The van der Waals surface area contributed by atoms with E-state index >= 15 is 0 Å². The lowest BCUT2D eigenvalue weighted by atomic mass is 10.1. The highest BCUT2D eigenvalue weighted by atomic mass is 79.9. The normalized spacial score (nSPS) is 10.8. The van der Waals surface area contributed by atoms with Crippen molar-refractivity contribution in [2.75, 3.05) is 17.7 Å². The number of nitrogens with zero attached hydrogens (tertiary/aromatic N) is 2. The first-order chi connectivity index (χ1) is 10.1. The number of hydrogen-bond acceptors (Lipinski definition) is 5. The van der Waals surface area contributed by atoms with E-state index in [4.69, 9.17) is 5.73 Å². The first-order valence-corrected chi connectivity index (χ1v) is 8.84. The van der Waals surface area contributed by atoms with Gasteiger partial charge in [0.25, 0.3) is 0 Å². The van der Waals surface area contributed by atoms with Gasteiger partial charge in [-0.2, -0.15) is 4.37 Å². The summed E-state index contributed by atoms with van der Waals surface area (Å²) in [6.45, 7) is 0.837. The standard InChI is InChI=1S/C15H14BrN3S2/c1-19(8-10-7-12(16)20-9-10)15-13(14(17)18-21-15)11-5-3-2-4-6-11/h2-7,9H,8H2,1H3,(H2,17,18). The van der Waals surface area contributed by atoms with Crippen LogP contribution in [0.15, 0.2) is 45.6 Å². The molecule has 0 saturated carbocycles. The number of thiophene rings is 1. The average Bonchev–Trinajstić information content (AvgIpc) is 3.06. The molecule has 3 rings (SSSR count). The molecule has 0 bridgehead atoms. The van der Waals surface area contributed by atoms with Crippen molar-refractivity contribution in [2.24, 2.45) is 0 Å². The Bertz CT molecular complexity index is 736. The van der Waals surface area contributed by atoms with Gasteiger partial charge in [-0.3, -0.25) is 0 Å². The van der Waals surface area contributed by atoms with Crippen molar-refractivity contribution in [3.8, 4) is 11.1 Å². The molecule has 3 nitrogen and oxygen atoms in total. The van der Waals surface area contributed by atoms with Crippen LogP contribution in [0.25, 0.3) is 11.1 Å². The summed E-state index contributed by atoms with van der Waals surface area (Å²) in [5.74, 6) is 0.597. The minimum absolute atomic E-state index is 0.597. The Labute approximate surface area is 140 Å². The molecule has 0 amide bonds. The Balaban J connectivity index is 1.92. The fourth-order valence-electron chi connectivity index (χ4n) is 2.20. The third kappa shape index (κ3) is 3.12. The highest BCUT2D eigenvalue weighted by Crippen LogP contribution is 2.39. The minimum atomic E-state index is 0.597. The lowest BCUT2D eigenvalue weighted by Crippen LogP contribution is -2.15. The molecule has 0 spiro atoms. The lowest BCUT2D eigenvalue weighted by molar-refractivity contribution is 0.940. The number of hydrogen-bond donors (Lipinski definition) is 1. The van der Waals surface area contributed by atoms with Crippen LogP contribution in [0.2, 0.25) is 0 Å². The molecule has 0 unspecified atom stereocenters. The topological polar surface area (TPSA) is 42.2 Å². The molecule has 0 aliphatic carbocycles. The maximum Gasteiger partial charge on any atom is 0.147 e. The van der Waals surface area contributed by atoms with Crippen molar-refractivity contribution in [3.05, 3.63) is 51.1 Å². The van der Waals surface area contributed by atoms with E-state index in [1.54, 1.807) is 11.3 Å². The smallest absolute Gasteiger partial charge is 0.147 e. The molecular formula is C15H14BrN3S2. The van der Waals surface area contributed by atoms with E-state index in [0.717, 1.165) is 26.5 Å². The van der Waals surface area contributed by atoms with Crippen molar-refractivity contribution >= 4 is 49.6 Å². The lowest BCUT2D eigenvalue weighted by Gasteiger charge is -2.18. The Kier molecular flexibility index (Phi) is 4.28. The molecule has 0 fully saturated rings. The van der Waals surface area contributed by atoms with E-state index in [0.29, 0.717) is 5.82 Å². The second-order valence-corrected chi connectivity index (χ2v) is 7.77. The first kappa shape index (κ1) is 14.6. The number of benzene rings is 1. The molecule has 6 heteroatoms. The Hall–Kier alpha value is -1.37. The summed E-state index contributed by atoms with van der Waals surface area (Å²) in [5.41, 5.74) is 9.49. The van der Waals surface area contributed by atoms with Gasteiger partial charge in [0.2, 0.25) is 0 Å². The van der Waals surface area contributed by atoms with E-state index in [1.165, 1.54) is 17.1 Å². The van der Waals surface area contributed by atoms with Crippen LogP contribution in [-0.4, -0.2) is 11.4 Å². The third-order valence-electron chi connectivity index (χ3n) is 3.15. The monoisotopic (exact) mass is 379 g/mol. The molecule has 1 aromatic carbocycles. The van der Waals surface area contributed by atoms with Gasteiger partial charge >= 0.3 is 0 Å². The molecule has 0 radical (unpaired) electrons. The third-order valence-corrected chi connectivity index (χ3v) is 5.68. The van der Waals surface area contributed by atoms with E-state index < -0.39 is 0 Å². The number of halogens is 1. The van der Waals surface area contributed by atoms with Crippen molar-refractivity contribution in [1.82, 2.24) is 4.37 Å². The SMILES string of the molecule is CN(Cc1csc(Br)c1)c1snc(N)c1-c1ccccc1. The highest BCUT2D eigenvalue weighted by Gasteiger charge is 2.17. The van der Waals surface area contributed by atoms with Crippen molar-refractivity contribution in [2.45, 2.75) is 6.54 Å². The summed E-state index contributed by atoms with van der Waals surface area (Å²) >= 11 is 6.65. The summed E-state index contributed by atoms with van der Waals surface area (Å²) in [6, 6.07) is 12.3. The molecule has 0 atom stereocenters. The van der Waals surface area contributed by atoms with Gasteiger partial charge < -0.3 is 10.6 Å². The molecule has 2 heterocycles. The maximum atomic E-state index is 6.08. The van der Waals surface area contributed by atoms with Gasteiger partial charge in [0.1, 0.15) is 10.8 Å². The van der Waals surface area contributed by atoms with Gasteiger partial charge in [0, 0.05) is 13.6 Å². The predicted molar refractivity (Wildman–Crippen MR) is 96.1 cm³/mol. The highest BCUT2D eigenvalue weighted by molar-refractivity contribution is 9.11. The fourth-order valence-corrected chi connectivity index (χ4v) is 4.20. The fraction of sp³-hybridized carbons (Fsp3) is 0.133. The van der Waals surface area contributed by atoms with Gasteiger partial charge in [-0.05, 0) is 50.0 Å². The van der Waals surface area contributed by atoms with Crippen molar-refractivity contribution in [1.29, 1.82) is 0 Å². The van der Waals surface area contributed by atoms with Crippen LogP contribution in [0.4, 0.5) is 10.8 Å². The number of nitrogens with two attached hydrogens (primary N) is 1. The van der Waals surface area contributed by atoms with Gasteiger partial charge in [0.05, 0.1) is 9.35 Å². The zero-order valence-corrected chi connectivity index (χ0v) is 14.6. The zero-order valence-electron chi connectivity index (χ0n) is 11.4. The van der Waals surface area contributed by atoms with Crippen LogP contribution < -0.4 is 10.6 Å². The maximum absolute atomic E-state index is 6.08. The molecule has 3 aromatic rings. The Morgan fingerprint density at radius 2 is 2.05 bits per heavy atom.